The average molecular weight is 430 g/mol. The van der Waals surface area contributed by atoms with Crippen molar-refractivity contribution in [3.63, 3.8) is 0 Å². The molecule has 3 rings (SSSR count). The zero-order chi connectivity index (χ0) is 22.1. The van der Waals surface area contributed by atoms with E-state index in [1.165, 1.54) is 18.4 Å². The van der Waals surface area contributed by atoms with E-state index in [2.05, 4.69) is 22.8 Å². The van der Waals surface area contributed by atoms with Crippen LogP contribution in [-0.4, -0.2) is 34.6 Å². The number of carbonyl (C=O) groups excluding carboxylic acids is 1. The third-order valence-corrected chi connectivity index (χ3v) is 6.99. The molecule has 1 aliphatic heterocycles. The molecule has 1 saturated carbocycles. The summed E-state index contributed by atoms with van der Waals surface area (Å²) in [6, 6.07) is 3.59. The van der Waals surface area contributed by atoms with Gasteiger partial charge in [0.1, 0.15) is 11.9 Å². The summed E-state index contributed by atoms with van der Waals surface area (Å²) < 4.78 is 0. The molecule has 172 valence electrons. The van der Waals surface area contributed by atoms with Gasteiger partial charge in [-0.15, -0.1) is 0 Å². The van der Waals surface area contributed by atoms with Crippen LogP contribution < -0.4 is 10.6 Å². The number of hydrogen-bond donors (Lipinski definition) is 3. The minimum absolute atomic E-state index is 0.0772. The number of aromatic nitrogens is 1. The summed E-state index contributed by atoms with van der Waals surface area (Å²) in [7, 11) is 0. The SMILES string of the molecule is CC1(C(=O)NC(CCCCCCCc2ccc3c(n2)NCCC3)C(=O)O)CCCCC1. The van der Waals surface area contributed by atoms with Crippen LogP contribution in [0.2, 0.25) is 0 Å². The normalized spacial score (nSPS) is 18.5. The maximum absolute atomic E-state index is 12.6. The number of anilines is 1. The predicted octanol–water partition coefficient (Wildman–Crippen LogP) is 4.86. The molecule has 6 nitrogen and oxygen atoms in total. The van der Waals surface area contributed by atoms with E-state index >= 15 is 0 Å². The molecule has 1 unspecified atom stereocenters. The zero-order valence-electron chi connectivity index (χ0n) is 19.0. The Labute approximate surface area is 186 Å². The minimum Gasteiger partial charge on any atom is -0.480 e. The maximum atomic E-state index is 12.6. The van der Waals surface area contributed by atoms with E-state index < -0.39 is 17.4 Å². The first-order valence-electron chi connectivity index (χ1n) is 12.2. The Bertz CT molecular complexity index is 744. The molecular formula is C25H39N3O3. The molecule has 0 radical (unpaired) electrons. The van der Waals surface area contributed by atoms with Crippen LogP contribution in [0.4, 0.5) is 5.82 Å². The third kappa shape index (κ3) is 6.94. The minimum atomic E-state index is -0.917. The molecule has 1 aromatic rings. The van der Waals surface area contributed by atoms with Crippen molar-refractivity contribution in [1.82, 2.24) is 10.3 Å². The molecule has 6 heteroatoms. The number of hydrogen-bond acceptors (Lipinski definition) is 4. The van der Waals surface area contributed by atoms with Crippen LogP contribution >= 0.6 is 0 Å². The van der Waals surface area contributed by atoms with Crippen LogP contribution in [0.5, 0.6) is 0 Å². The lowest BCUT2D eigenvalue weighted by Gasteiger charge is -2.33. The first-order valence-corrected chi connectivity index (χ1v) is 12.2. The Kier molecular flexibility index (Phi) is 8.73. The molecule has 0 spiro atoms. The van der Waals surface area contributed by atoms with Crippen molar-refractivity contribution in [3.8, 4) is 0 Å². The van der Waals surface area contributed by atoms with E-state index in [0.717, 1.165) is 88.7 Å². The Morgan fingerprint density at radius 3 is 2.61 bits per heavy atom. The first kappa shape index (κ1) is 23.6. The van der Waals surface area contributed by atoms with Gasteiger partial charge in [0.15, 0.2) is 0 Å². The number of amides is 1. The standard InChI is InChI=1S/C25H39N3O3/c1-25(16-8-5-9-17-25)24(31)28-21(23(29)30)13-7-4-2-3-6-12-20-15-14-19-11-10-18-26-22(19)27-20/h14-15,21H,2-13,16-18H2,1H3,(H,26,27)(H,28,31)(H,29,30). The van der Waals surface area contributed by atoms with Crippen LogP contribution in [0.3, 0.4) is 0 Å². The Hall–Kier alpha value is -2.11. The highest BCUT2D eigenvalue weighted by atomic mass is 16.4. The summed E-state index contributed by atoms with van der Waals surface area (Å²) in [6.45, 7) is 2.99. The molecule has 31 heavy (non-hydrogen) atoms. The van der Waals surface area contributed by atoms with E-state index in [4.69, 9.17) is 4.98 Å². The number of pyridine rings is 1. The lowest BCUT2D eigenvalue weighted by atomic mass is 9.75. The summed E-state index contributed by atoms with van der Waals surface area (Å²) in [5, 5.41) is 15.7. The summed E-state index contributed by atoms with van der Waals surface area (Å²) in [4.78, 5) is 29.0. The highest BCUT2D eigenvalue weighted by Crippen LogP contribution is 2.36. The van der Waals surface area contributed by atoms with E-state index in [9.17, 15) is 14.7 Å². The van der Waals surface area contributed by atoms with E-state index in [1.54, 1.807) is 0 Å². The number of nitrogens with zero attached hydrogens (tertiary/aromatic N) is 1. The quantitative estimate of drug-likeness (QED) is 0.437. The third-order valence-electron chi connectivity index (χ3n) is 6.99. The van der Waals surface area contributed by atoms with Gasteiger partial charge in [-0.05, 0) is 56.6 Å². The fourth-order valence-electron chi connectivity index (χ4n) is 4.84. The fourth-order valence-corrected chi connectivity index (χ4v) is 4.84. The second kappa shape index (κ2) is 11.5. The Morgan fingerprint density at radius 2 is 1.84 bits per heavy atom. The number of unbranched alkanes of at least 4 members (excludes halogenated alkanes) is 4. The van der Waals surface area contributed by atoms with Crippen LogP contribution in [0.25, 0.3) is 0 Å². The van der Waals surface area contributed by atoms with E-state index in [0.29, 0.717) is 6.42 Å². The monoisotopic (exact) mass is 429 g/mol. The molecule has 1 aromatic heterocycles. The predicted molar refractivity (Wildman–Crippen MR) is 123 cm³/mol. The fraction of sp³-hybridized carbons (Fsp3) is 0.720. The molecule has 0 aromatic carbocycles. The Balaban J connectivity index is 1.31. The van der Waals surface area contributed by atoms with Crippen molar-refractivity contribution < 1.29 is 14.7 Å². The van der Waals surface area contributed by atoms with Crippen molar-refractivity contribution in [2.75, 3.05) is 11.9 Å². The van der Waals surface area contributed by atoms with Crippen molar-refractivity contribution in [2.24, 2.45) is 5.41 Å². The van der Waals surface area contributed by atoms with E-state index in [1.807, 2.05) is 6.92 Å². The Morgan fingerprint density at radius 1 is 1.10 bits per heavy atom. The molecule has 3 N–H and O–H groups in total. The summed E-state index contributed by atoms with van der Waals surface area (Å²) in [5.74, 6) is 0.0686. The van der Waals surface area contributed by atoms with Crippen LogP contribution in [-0.2, 0) is 22.4 Å². The largest absolute Gasteiger partial charge is 0.480 e. The zero-order valence-corrected chi connectivity index (χ0v) is 19.0. The number of nitrogens with one attached hydrogen (secondary N) is 2. The second-order valence-corrected chi connectivity index (χ2v) is 9.63. The molecule has 0 saturated heterocycles. The number of aliphatic carboxylic acids is 1. The van der Waals surface area contributed by atoms with Gasteiger partial charge in [-0.1, -0.05) is 57.9 Å². The molecule has 1 amide bonds. The molecule has 2 aliphatic rings. The number of fused-ring (bicyclic) bond motifs is 1. The average Bonchev–Trinajstić information content (AvgIpc) is 2.77. The van der Waals surface area contributed by atoms with Gasteiger partial charge in [-0.25, -0.2) is 9.78 Å². The first-order chi connectivity index (χ1) is 15.0. The van der Waals surface area contributed by atoms with E-state index in [-0.39, 0.29) is 5.91 Å². The highest BCUT2D eigenvalue weighted by Gasteiger charge is 2.36. The van der Waals surface area contributed by atoms with Gasteiger partial charge in [0.25, 0.3) is 0 Å². The number of rotatable bonds is 11. The molecule has 1 fully saturated rings. The van der Waals surface area contributed by atoms with Gasteiger partial charge in [-0.2, -0.15) is 0 Å². The van der Waals surface area contributed by atoms with Gasteiger partial charge < -0.3 is 15.7 Å². The molecule has 1 atom stereocenters. The van der Waals surface area contributed by atoms with Gasteiger partial charge in [0, 0.05) is 17.7 Å². The van der Waals surface area contributed by atoms with Gasteiger partial charge >= 0.3 is 5.97 Å². The molecule has 2 heterocycles. The van der Waals surface area contributed by atoms with Gasteiger partial charge in [0.05, 0.1) is 0 Å². The van der Waals surface area contributed by atoms with Gasteiger partial charge in [-0.3, -0.25) is 4.79 Å². The van der Waals surface area contributed by atoms with Crippen LogP contribution in [0.15, 0.2) is 12.1 Å². The van der Waals surface area contributed by atoms with Gasteiger partial charge in [0.2, 0.25) is 5.91 Å². The highest BCUT2D eigenvalue weighted by molar-refractivity contribution is 5.87. The van der Waals surface area contributed by atoms with Crippen LogP contribution in [0.1, 0.15) is 95.2 Å². The van der Waals surface area contributed by atoms with Crippen molar-refractivity contribution in [1.29, 1.82) is 0 Å². The molecule has 0 bridgehead atoms. The molecule has 1 aliphatic carbocycles. The topological polar surface area (TPSA) is 91.3 Å². The van der Waals surface area contributed by atoms with Crippen molar-refractivity contribution in [3.05, 3.63) is 23.4 Å². The summed E-state index contributed by atoms with van der Waals surface area (Å²) in [5.41, 5.74) is 2.08. The number of aryl methyl sites for hydroxylation is 2. The lowest BCUT2D eigenvalue weighted by molar-refractivity contribution is -0.144. The van der Waals surface area contributed by atoms with Crippen molar-refractivity contribution in [2.45, 2.75) is 103 Å². The number of carboxylic acid groups (broad SMARTS) is 1. The lowest BCUT2D eigenvalue weighted by Crippen LogP contribution is -2.48. The van der Waals surface area contributed by atoms with Crippen molar-refractivity contribution >= 4 is 17.7 Å². The number of carbonyl (C=O) groups is 2. The summed E-state index contributed by atoms with van der Waals surface area (Å²) in [6.07, 6.45) is 13.9. The number of carboxylic acids is 1. The van der Waals surface area contributed by atoms with Crippen LogP contribution in [0, 0.1) is 5.41 Å². The maximum Gasteiger partial charge on any atom is 0.326 e. The smallest absolute Gasteiger partial charge is 0.326 e. The molecular weight excluding hydrogens is 390 g/mol. The summed E-state index contributed by atoms with van der Waals surface area (Å²) >= 11 is 0. The second-order valence-electron chi connectivity index (χ2n) is 9.63.